The normalized spacial score (nSPS) is 10.1. The van der Waals surface area contributed by atoms with Gasteiger partial charge in [0, 0.05) is 19.2 Å². The molecule has 1 amide bonds. The Balaban J connectivity index is 2.27. The predicted octanol–water partition coefficient (Wildman–Crippen LogP) is 0.00842. The number of carbonyl (C=O) groups excluding carboxylic acids is 1. The lowest BCUT2D eigenvalue weighted by Crippen LogP contribution is -2.15. The summed E-state index contributed by atoms with van der Waals surface area (Å²) in [7, 11) is 0. The number of anilines is 1. The number of hydrogen-bond donors (Lipinski definition) is 2. The molecule has 0 bridgehead atoms. The van der Waals surface area contributed by atoms with E-state index in [2.05, 4.69) is 15.5 Å². The van der Waals surface area contributed by atoms with Gasteiger partial charge in [-0.2, -0.15) is 11.8 Å². The molecule has 0 saturated carbocycles. The fourth-order valence-electron chi connectivity index (χ4n) is 0.751. The molecular formula is C7H12N4O2S. The topological polar surface area (TPSA) is 94.0 Å². The van der Waals surface area contributed by atoms with Crippen LogP contribution < -0.4 is 11.1 Å². The van der Waals surface area contributed by atoms with Crippen LogP contribution in [0.2, 0.25) is 0 Å². The summed E-state index contributed by atoms with van der Waals surface area (Å²) in [5.41, 5.74) is 5.28. The molecule has 6 nitrogen and oxygen atoms in total. The van der Waals surface area contributed by atoms with E-state index in [0.717, 1.165) is 5.75 Å². The number of nitrogens with one attached hydrogen (secondary N) is 1. The van der Waals surface area contributed by atoms with E-state index in [1.165, 1.54) is 11.8 Å². The van der Waals surface area contributed by atoms with Crippen molar-refractivity contribution in [2.45, 2.75) is 6.92 Å². The average molecular weight is 216 g/mol. The lowest BCUT2D eigenvalue weighted by Gasteiger charge is -1.98. The Hall–Kier alpha value is -1.08. The number of amides is 1. The molecule has 0 unspecified atom stereocenters. The molecule has 0 fully saturated rings. The maximum Gasteiger partial charge on any atom is 0.322 e. The first-order valence-corrected chi connectivity index (χ1v) is 5.25. The number of thioether (sulfide) groups is 1. The fourth-order valence-corrected chi connectivity index (χ4v) is 1.32. The molecule has 0 aliphatic heterocycles. The summed E-state index contributed by atoms with van der Waals surface area (Å²) >= 11 is 1.46. The molecule has 0 spiro atoms. The minimum Gasteiger partial charge on any atom is -0.408 e. The summed E-state index contributed by atoms with van der Waals surface area (Å²) in [6, 6.07) is 0.140. The number of carbonyl (C=O) groups is 1. The van der Waals surface area contributed by atoms with Crippen LogP contribution in [0.5, 0.6) is 0 Å². The summed E-state index contributed by atoms with van der Waals surface area (Å²) in [6.07, 6.45) is 0. The smallest absolute Gasteiger partial charge is 0.322 e. The molecule has 0 atom stereocenters. The number of aromatic nitrogens is 2. The molecule has 1 aromatic rings. The zero-order valence-corrected chi connectivity index (χ0v) is 8.63. The number of aryl methyl sites for hydroxylation is 1. The number of rotatable bonds is 5. The summed E-state index contributed by atoms with van der Waals surface area (Å²) in [6.45, 7) is 2.23. The molecular weight excluding hydrogens is 204 g/mol. The molecule has 0 aromatic carbocycles. The third-order valence-corrected chi connectivity index (χ3v) is 2.26. The van der Waals surface area contributed by atoms with E-state index in [1.54, 1.807) is 6.92 Å². The minimum absolute atomic E-state index is 0.140. The fraction of sp³-hybridized carbons (Fsp3) is 0.571. The van der Waals surface area contributed by atoms with Gasteiger partial charge in [0.25, 0.3) is 0 Å². The van der Waals surface area contributed by atoms with E-state index in [-0.39, 0.29) is 11.9 Å². The van der Waals surface area contributed by atoms with E-state index >= 15 is 0 Å². The number of hydrogen-bond acceptors (Lipinski definition) is 6. The van der Waals surface area contributed by atoms with Crippen molar-refractivity contribution >= 4 is 23.7 Å². The van der Waals surface area contributed by atoms with Gasteiger partial charge in [-0.15, -0.1) is 5.10 Å². The van der Waals surface area contributed by atoms with Gasteiger partial charge < -0.3 is 10.2 Å². The lowest BCUT2D eigenvalue weighted by atomic mass is 10.7. The summed E-state index contributed by atoms with van der Waals surface area (Å²) in [4.78, 5) is 11.2. The average Bonchev–Trinajstić information content (AvgIpc) is 2.52. The Morgan fingerprint density at radius 1 is 1.64 bits per heavy atom. The van der Waals surface area contributed by atoms with Gasteiger partial charge in [-0.25, -0.2) is 0 Å². The third-order valence-electron chi connectivity index (χ3n) is 1.27. The standard InChI is InChI=1S/C7H12N4O2S/c1-5-10-11-7(13-5)9-6(12)4-14-3-2-8/h2-4,8H2,1H3,(H,9,11,12). The Morgan fingerprint density at radius 2 is 2.43 bits per heavy atom. The Morgan fingerprint density at radius 3 is 3.00 bits per heavy atom. The first kappa shape index (κ1) is 11.0. The second kappa shape index (κ2) is 5.61. The van der Waals surface area contributed by atoms with Crippen LogP contribution in [0.3, 0.4) is 0 Å². The van der Waals surface area contributed by atoms with Crippen molar-refractivity contribution in [3.05, 3.63) is 5.89 Å². The van der Waals surface area contributed by atoms with E-state index in [1.807, 2.05) is 0 Å². The van der Waals surface area contributed by atoms with Gasteiger partial charge in [-0.1, -0.05) is 5.10 Å². The van der Waals surface area contributed by atoms with Crippen molar-refractivity contribution in [2.75, 3.05) is 23.4 Å². The summed E-state index contributed by atoms with van der Waals surface area (Å²) < 4.78 is 4.97. The van der Waals surface area contributed by atoms with Gasteiger partial charge in [-0.05, 0) is 0 Å². The molecule has 14 heavy (non-hydrogen) atoms. The van der Waals surface area contributed by atoms with Crippen LogP contribution in [0.4, 0.5) is 6.01 Å². The van der Waals surface area contributed by atoms with Crippen LogP contribution >= 0.6 is 11.8 Å². The molecule has 7 heteroatoms. The van der Waals surface area contributed by atoms with E-state index in [9.17, 15) is 4.79 Å². The van der Waals surface area contributed by atoms with Gasteiger partial charge in [0.2, 0.25) is 11.8 Å². The molecule has 78 valence electrons. The van der Waals surface area contributed by atoms with Crippen molar-refractivity contribution in [1.82, 2.24) is 10.2 Å². The predicted molar refractivity (Wildman–Crippen MR) is 54.0 cm³/mol. The van der Waals surface area contributed by atoms with Crippen LogP contribution in [0.1, 0.15) is 5.89 Å². The molecule has 3 N–H and O–H groups in total. The van der Waals surface area contributed by atoms with Crippen LogP contribution in [0.15, 0.2) is 4.42 Å². The van der Waals surface area contributed by atoms with Gasteiger partial charge in [-0.3, -0.25) is 10.1 Å². The van der Waals surface area contributed by atoms with Crippen molar-refractivity contribution in [3.63, 3.8) is 0 Å². The summed E-state index contributed by atoms with van der Waals surface area (Å²) in [5, 5.41) is 9.69. The molecule has 0 saturated heterocycles. The van der Waals surface area contributed by atoms with Gasteiger partial charge in [0.1, 0.15) is 0 Å². The zero-order chi connectivity index (χ0) is 10.4. The SMILES string of the molecule is Cc1nnc(NC(=O)CSCCN)o1. The van der Waals surface area contributed by atoms with Crippen molar-refractivity contribution < 1.29 is 9.21 Å². The molecule has 1 rings (SSSR count). The number of nitrogens with zero attached hydrogens (tertiary/aromatic N) is 2. The van der Waals surface area contributed by atoms with E-state index in [4.69, 9.17) is 10.2 Å². The molecule has 1 aromatic heterocycles. The second-order valence-corrected chi connectivity index (χ2v) is 3.62. The van der Waals surface area contributed by atoms with Gasteiger partial charge >= 0.3 is 6.01 Å². The van der Waals surface area contributed by atoms with Crippen LogP contribution in [0, 0.1) is 6.92 Å². The third kappa shape index (κ3) is 3.75. The minimum atomic E-state index is -0.160. The highest BCUT2D eigenvalue weighted by atomic mass is 32.2. The Bertz CT molecular complexity index is 302. The van der Waals surface area contributed by atoms with Crippen LogP contribution in [-0.2, 0) is 4.79 Å². The Labute approximate surface area is 85.6 Å². The Kier molecular flexibility index (Phi) is 4.41. The monoisotopic (exact) mass is 216 g/mol. The largest absolute Gasteiger partial charge is 0.408 e. The zero-order valence-electron chi connectivity index (χ0n) is 7.82. The number of nitrogens with two attached hydrogens (primary N) is 1. The maximum absolute atomic E-state index is 11.2. The van der Waals surface area contributed by atoms with Crippen LogP contribution in [-0.4, -0.2) is 34.2 Å². The first-order chi connectivity index (χ1) is 6.72. The maximum atomic E-state index is 11.2. The first-order valence-electron chi connectivity index (χ1n) is 4.10. The van der Waals surface area contributed by atoms with E-state index in [0.29, 0.717) is 18.2 Å². The highest BCUT2D eigenvalue weighted by Gasteiger charge is 2.06. The lowest BCUT2D eigenvalue weighted by molar-refractivity contribution is -0.113. The molecule has 0 radical (unpaired) electrons. The highest BCUT2D eigenvalue weighted by Crippen LogP contribution is 2.05. The van der Waals surface area contributed by atoms with Crippen molar-refractivity contribution in [1.29, 1.82) is 0 Å². The van der Waals surface area contributed by atoms with Crippen molar-refractivity contribution in [3.8, 4) is 0 Å². The van der Waals surface area contributed by atoms with Crippen LogP contribution in [0.25, 0.3) is 0 Å². The highest BCUT2D eigenvalue weighted by molar-refractivity contribution is 7.99. The van der Waals surface area contributed by atoms with E-state index < -0.39 is 0 Å². The summed E-state index contributed by atoms with van der Waals surface area (Å²) in [5.74, 6) is 1.37. The molecule has 0 aliphatic rings. The molecule has 0 aliphatic carbocycles. The second-order valence-electron chi connectivity index (χ2n) is 2.52. The molecule has 1 heterocycles. The van der Waals surface area contributed by atoms with Gasteiger partial charge in [0.05, 0.1) is 5.75 Å². The quantitative estimate of drug-likeness (QED) is 0.673. The van der Waals surface area contributed by atoms with Gasteiger partial charge in [0.15, 0.2) is 0 Å². The van der Waals surface area contributed by atoms with Crippen molar-refractivity contribution in [2.24, 2.45) is 5.73 Å².